The summed E-state index contributed by atoms with van der Waals surface area (Å²) in [6.07, 6.45) is 0. The molecule has 6 heteroatoms. The maximum absolute atomic E-state index is 10.5. The second-order valence-electron chi connectivity index (χ2n) is 2.25. The molecule has 0 amide bonds. The van der Waals surface area contributed by atoms with Gasteiger partial charge in [-0.1, -0.05) is 22.6 Å². The topological polar surface area (TPSA) is 67.5 Å². The van der Waals surface area contributed by atoms with Crippen molar-refractivity contribution in [2.24, 2.45) is 0 Å². The van der Waals surface area contributed by atoms with E-state index in [9.17, 15) is 8.42 Å². The Labute approximate surface area is 83.8 Å². The molecule has 0 saturated carbocycles. The van der Waals surface area contributed by atoms with E-state index < -0.39 is 15.2 Å². The Balaban J connectivity index is 3.09. The maximum atomic E-state index is 10.5. The molecule has 0 saturated heterocycles. The van der Waals surface area contributed by atoms with Crippen molar-refractivity contribution in [3.05, 3.63) is 17.9 Å². The normalized spacial score (nSPS) is 14.6. The van der Waals surface area contributed by atoms with Crippen LogP contribution in [0.4, 0.5) is 0 Å². The molecule has 1 rings (SSSR count). The van der Waals surface area contributed by atoms with Gasteiger partial charge in [0.1, 0.15) is 5.76 Å². The van der Waals surface area contributed by atoms with Crippen molar-refractivity contribution in [2.45, 2.75) is 15.9 Å². The molecule has 1 aromatic heterocycles. The van der Waals surface area contributed by atoms with Crippen LogP contribution in [0.25, 0.3) is 0 Å². The van der Waals surface area contributed by atoms with E-state index in [0.29, 0.717) is 5.76 Å². The molecule has 1 heterocycles. The maximum Gasteiger partial charge on any atom is 0.328 e. The standard InChI is InChI=1S/C6H7IO4S/c1-4(7)5-2-3-6(11-5)12(8,9)10/h2-4H,1H3,(H,8,9,10). The van der Waals surface area contributed by atoms with Crippen LogP contribution in [-0.4, -0.2) is 13.0 Å². The van der Waals surface area contributed by atoms with E-state index in [4.69, 9.17) is 8.97 Å². The van der Waals surface area contributed by atoms with Crippen LogP contribution in [0.15, 0.2) is 21.6 Å². The first-order valence-electron chi connectivity index (χ1n) is 3.12. The highest BCUT2D eigenvalue weighted by Gasteiger charge is 2.16. The first-order valence-corrected chi connectivity index (χ1v) is 5.81. The van der Waals surface area contributed by atoms with E-state index in [2.05, 4.69) is 22.6 Å². The Bertz CT molecular complexity index is 365. The van der Waals surface area contributed by atoms with Crippen molar-refractivity contribution >= 4 is 32.7 Å². The summed E-state index contributed by atoms with van der Waals surface area (Å²) in [6, 6.07) is 2.76. The minimum atomic E-state index is -4.19. The molecule has 4 nitrogen and oxygen atoms in total. The van der Waals surface area contributed by atoms with Crippen molar-refractivity contribution in [3.8, 4) is 0 Å². The van der Waals surface area contributed by atoms with Gasteiger partial charge in [-0.3, -0.25) is 4.55 Å². The van der Waals surface area contributed by atoms with Gasteiger partial charge in [0.15, 0.2) is 0 Å². The molecule has 0 aromatic carbocycles. The van der Waals surface area contributed by atoms with Gasteiger partial charge < -0.3 is 4.42 Å². The summed E-state index contributed by atoms with van der Waals surface area (Å²) in [6.45, 7) is 1.85. The zero-order valence-electron chi connectivity index (χ0n) is 6.19. The summed E-state index contributed by atoms with van der Waals surface area (Å²) in [5.74, 6) is 0.531. The fourth-order valence-electron chi connectivity index (χ4n) is 0.687. The summed E-state index contributed by atoms with van der Waals surface area (Å²) >= 11 is 2.08. The van der Waals surface area contributed by atoms with E-state index in [0.717, 1.165) is 0 Å². The van der Waals surface area contributed by atoms with Crippen molar-refractivity contribution in [1.29, 1.82) is 0 Å². The molecule has 0 aliphatic carbocycles. The fourth-order valence-corrected chi connectivity index (χ4v) is 1.46. The Kier molecular flexibility index (Phi) is 2.79. The van der Waals surface area contributed by atoms with E-state index in [1.807, 2.05) is 6.92 Å². The van der Waals surface area contributed by atoms with E-state index in [-0.39, 0.29) is 3.92 Å². The number of alkyl halides is 1. The van der Waals surface area contributed by atoms with Gasteiger partial charge in [0.05, 0.1) is 3.92 Å². The third-order valence-electron chi connectivity index (χ3n) is 1.25. The molecule has 1 atom stereocenters. The van der Waals surface area contributed by atoms with Crippen LogP contribution in [0.1, 0.15) is 16.6 Å². The molecular weight excluding hydrogens is 295 g/mol. The summed E-state index contributed by atoms with van der Waals surface area (Å²) in [5, 5.41) is -0.402. The number of hydrogen-bond acceptors (Lipinski definition) is 3. The fraction of sp³-hybridized carbons (Fsp3) is 0.333. The average Bonchev–Trinajstić information content (AvgIpc) is 2.30. The van der Waals surface area contributed by atoms with E-state index in [1.54, 1.807) is 0 Å². The largest absolute Gasteiger partial charge is 0.446 e. The van der Waals surface area contributed by atoms with Crippen molar-refractivity contribution < 1.29 is 17.4 Å². The Morgan fingerprint density at radius 2 is 2.17 bits per heavy atom. The van der Waals surface area contributed by atoms with Gasteiger partial charge in [-0.05, 0) is 19.1 Å². The first-order chi connectivity index (χ1) is 5.41. The lowest BCUT2D eigenvalue weighted by atomic mass is 10.4. The smallest absolute Gasteiger partial charge is 0.328 e. The molecule has 0 radical (unpaired) electrons. The molecule has 1 aromatic rings. The van der Waals surface area contributed by atoms with Gasteiger partial charge in [-0.25, -0.2) is 0 Å². The van der Waals surface area contributed by atoms with Crippen LogP contribution in [0, 0.1) is 0 Å². The summed E-state index contributed by atoms with van der Waals surface area (Å²) in [4.78, 5) is 0. The minimum absolute atomic E-state index is 0.0816. The molecule has 0 fully saturated rings. The molecule has 12 heavy (non-hydrogen) atoms. The SMILES string of the molecule is CC(I)c1ccc(S(=O)(=O)O)o1. The van der Waals surface area contributed by atoms with Crippen LogP contribution in [-0.2, 0) is 10.1 Å². The third-order valence-corrected chi connectivity index (χ3v) is 2.59. The average molecular weight is 302 g/mol. The molecule has 1 N–H and O–H groups in total. The highest BCUT2D eigenvalue weighted by atomic mass is 127. The third kappa shape index (κ3) is 2.20. The second-order valence-corrected chi connectivity index (χ2v) is 5.47. The Morgan fingerprint density at radius 1 is 1.58 bits per heavy atom. The molecule has 0 aliphatic heterocycles. The van der Waals surface area contributed by atoms with Crippen LogP contribution in [0.2, 0.25) is 0 Å². The monoisotopic (exact) mass is 302 g/mol. The summed E-state index contributed by atoms with van der Waals surface area (Å²) in [7, 11) is -4.19. The molecule has 0 bridgehead atoms. The van der Waals surface area contributed by atoms with Crippen molar-refractivity contribution in [1.82, 2.24) is 0 Å². The Morgan fingerprint density at radius 3 is 2.42 bits per heavy atom. The number of halogens is 1. The van der Waals surface area contributed by atoms with Crippen molar-refractivity contribution in [3.63, 3.8) is 0 Å². The van der Waals surface area contributed by atoms with Crippen molar-refractivity contribution in [2.75, 3.05) is 0 Å². The molecule has 0 aliphatic rings. The van der Waals surface area contributed by atoms with Crippen LogP contribution >= 0.6 is 22.6 Å². The molecule has 68 valence electrons. The van der Waals surface area contributed by atoms with Gasteiger partial charge in [0.25, 0.3) is 0 Å². The highest BCUT2D eigenvalue weighted by Crippen LogP contribution is 2.25. The lowest BCUT2D eigenvalue weighted by Gasteiger charge is -1.95. The second kappa shape index (κ2) is 3.35. The molecule has 0 spiro atoms. The van der Waals surface area contributed by atoms with E-state index >= 15 is 0 Å². The van der Waals surface area contributed by atoms with Gasteiger partial charge in [0, 0.05) is 0 Å². The Hall–Kier alpha value is -0.0800. The van der Waals surface area contributed by atoms with Crippen LogP contribution in [0.3, 0.4) is 0 Å². The lowest BCUT2D eigenvalue weighted by Crippen LogP contribution is -1.94. The molecule has 1 unspecified atom stereocenters. The first kappa shape index (κ1) is 10.0. The van der Waals surface area contributed by atoms with Gasteiger partial charge in [-0.15, -0.1) is 0 Å². The number of rotatable bonds is 2. The van der Waals surface area contributed by atoms with Gasteiger partial charge >= 0.3 is 10.1 Å². The highest BCUT2D eigenvalue weighted by molar-refractivity contribution is 14.1. The number of furan rings is 1. The lowest BCUT2D eigenvalue weighted by molar-refractivity contribution is 0.388. The predicted molar refractivity (Wildman–Crippen MR) is 51.0 cm³/mol. The van der Waals surface area contributed by atoms with Crippen LogP contribution < -0.4 is 0 Å². The molecular formula is C6H7IO4S. The van der Waals surface area contributed by atoms with E-state index in [1.165, 1.54) is 12.1 Å². The summed E-state index contributed by atoms with van der Waals surface area (Å²) in [5.41, 5.74) is 0. The predicted octanol–water partition coefficient (Wildman–Crippen LogP) is 2.02. The zero-order valence-corrected chi connectivity index (χ0v) is 9.16. The number of hydrogen-bond donors (Lipinski definition) is 1. The van der Waals surface area contributed by atoms with Gasteiger partial charge in [0.2, 0.25) is 5.09 Å². The van der Waals surface area contributed by atoms with Gasteiger partial charge in [-0.2, -0.15) is 8.42 Å². The van der Waals surface area contributed by atoms with Crippen LogP contribution in [0.5, 0.6) is 0 Å². The quantitative estimate of drug-likeness (QED) is 0.515. The minimum Gasteiger partial charge on any atom is -0.446 e. The zero-order chi connectivity index (χ0) is 9.35. The summed E-state index contributed by atoms with van der Waals surface area (Å²) < 4.78 is 34.6.